The lowest BCUT2D eigenvalue weighted by atomic mass is 10.0. The molecule has 0 fully saturated rings. The fourth-order valence-corrected chi connectivity index (χ4v) is 8.81. The van der Waals surface area contributed by atoms with Gasteiger partial charge in [-0.05, 0) is 44.9 Å². The van der Waals surface area contributed by atoms with E-state index in [1.807, 2.05) is 6.08 Å². The third kappa shape index (κ3) is 48.3. The Labute approximate surface area is 394 Å². The summed E-state index contributed by atoms with van der Waals surface area (Å²) in [6.45, 7) is 4.20. The van der Waals surface area contributed by atoms with E-state index in [2.05, 4.69) is 43.5 Å². The van der Waals surface area contributed by atoms with Gasteiger partial charge in [0.25, 0.3) is 0 Å². The Bertz CT molecular complexity index is 978. The zero-order valence-corrected chi connectivity index (χ0v) is 42.5. The maximum Gasteiger partial charge on any atom is 0.249 e. The molecule has 0 radical (unpaired) electrons. The van der Waals surface area contributed by atoms with Gasteiger partial charge in [-0.1, -0.05) is 294 Å². The fraction of sp³-hybridized carbons (Fsp3) is 0.879. The summed E-state index contributed by atoms with van der Waals surface area (Å²) in [6.07, 6.45) is 69.4. The average molecular weight is 887 g/mol. The molecule has 3 atom stereocenters. The van der Waals surface area contributed by atoms with E-state index in [9.17, 15) is 20.1 Å². The number of rotatable bonds is 52. The molecule has 0 spiro atoms. The molecule has 0 saturated heterocycles. The summed E-state index contributed by atoms with van der Waals surface area (Å²) in [5.74, 6) is -0.512. The average Bonchev–Trinajstić information content (AvgIpc) is 3.29. The Kier molecular flexibility index (Phi) is 52.0. The van der Waals surface area contributed by atoms with E-state index in [1.165, 1.54) is 238 Å². The minimum absolute atomic E-state index is 0.379. The van der Waals surface area contributed by atoms with E-state index in [0.29, 0.717) is 6.42 Å². The molecule has 0 heterocycles. The highest BCUT2D eigenvalue weighted by Gasteiger charge is 2.22. The normalized spacial score (nSPS) is 13.5. The van der Waals surface area contributed by atoms with Gasteiger partial charge in [-0.15, -0.1) is 0 Å². The quantitative estimate of drug-likeness (QED) is 0.0362. The van der Waals surface area contributed by atoms with Crippen molar-refractivity contribution in [1.29, 1.82) is 0 Å². The van der Waals surface area contributed by atoms with Crippen molar-refractivity contribution < 1.29 is 20.1 Å². The van der Waals surface area contributed by atoms with Crippen molar-refractivity contribution in [2.24, 2.45) is 0 Å². The van der Waals surface area contributed by atoms with Crippen molar-refractivity contribution in [1.82, 2.24) is 5.32 Å². The van der Waals surface area contributed by atoms with Gasteiger partial charge in [0.1, 0.15) is 6.10 Å². The lowest BCUT2D eigenvalue weighted by Crippen LogP contribution is -2.48. The predicted octanol–water partition coefficient (Wildman–Crippen LogP) is 17.4. The first-order valence-corrected chi connectivity index (χ1v) is 28.3. The van der Waals surface area contributed by atoms with Gasteiger partial charge in [-0.25, -0.2) is 0 Å². The van der Waals surface area contributed by atoms with Crippen LogP contribution in [0.25, 0.3) is 0 Å². The SMILES string of the molecule is CCCCCCCCCCCCCCCC/C=C/CC/C=C/CC/C=C/C(O)C(CO)NC(=O)C(O)CCCCCCCCCCCCCCCCCCCCCCCCCCC. The van der Waals surface area contributed by atoms with E-state index in [4.69, 9.17) is 0 Å². The standard InChI is InChI=1S/C58H111NO4/c1-3-5-7-9-11-13-15-17-19-21-23-25-27-29-31-33-35-37-39-41-43-45-47-49-51-53-57(62)58(63)59-55(54-60)56(61)52-50-48-46-44-42-40-38-36-34-32-30-28-26-24-22-20-18-16-14-12-10-8-6-4-2/h34,36,42,44,50,52,55-57,60-62H,3-33,35,37-41,43,45-49,51,53-54H2,1-2H3,(H,59,63)/b36-34+,44-42+,52-50+. The van der Waals surface area contributed by atoms with Crippen molar-refractivity contribution in [2.45, 2.75) is 321 Å². The van der Waals surface area contributed by atoms with Crippen LogP contribution < -0.4 is 5.32 Å². The molecular weight excluding hydrogens is 775 g/mol. The van der Waals surface area contributed by atoms with E-state index in [-0.39, 0.29) is 6.61 Å². The van der Waals surface area contributed by atoms with Crippen LogP contribution in [0, 0.1) is 0 Å². The van der Waals surface area contributed by atoms with Crippen molar-refractivity contribution in [3.8, 4) is 0 Å². The summed E-state index contributed by atoms with van der Waals surface area (Å²) < 4.78 is 0. The molecule has 0 aliphatic rings. The van der Waals surface area contributed by atoms with Crippen molar-refractivity contribution in [3.63, 3.8) is 0 Å². The van der Waals surface area contributed by atoms with Gasteiger partial charge in [0.2, 0.25) is 5.91 Å². The maximum absolute atomic E-state index is 12.5. The molecule has 5 heteroatoms. The second kappa shape index (κ2) is 53.2. The van der Waals surface area contributed by atoms with Gasteiger partial charge in [-0.3, -0.25) is 4.79 Å². The number of allylic oxidation sites excluding steroid dienone is 5. The Balaban J connectivity index is 3.61. The molecular formula is C58H111NO4. The van der Waals surface area contributed by atoms with Crippen LogP contribution in [0.3, 0.4) is 0 Å². The summed E-state index contributed by atoms with van der Waals surface area (Å²) in [4.78, 5) is 12.5. The first kappa shape index (κ1) is 61.6. The molecule has 0 saturated carbocycles. The molecule has 3 unspecified atom stereocenters. The minimum atomic E-state index is -1.11. The number of amides is 1. The van der Waals surface area contributed by atoms with Crippen LogP contribution in [0.5, 0.6) is 0 Å². The molecule has 4 N–H and O–H groups in total. The highest BCUT2D eigenvalue weighted by molar-refractivity contribution is 5.80. The molecule has 0 bridgehead atoms. The van der Waals surface area contributed by atoms with Crippen LogP contribution in [-0.4, -0.2) is 46.1 Å². The monoisotopic (exact) mass is 886 g/mol. The highest BCUT2D eigenvalue weighted by Crippen LogP contribution is 2.17. The molecule has 372 valence electrons. The Morgan fingerprint density at radius 3 is 0.968 bits per heavy atom. The smallest absolute Gasteiger partial charge is 0.249 e. The minimum Gasteiger partial charge on any atom is -0.394 e. The van der Waals surface area contributed by atoms with Crippen LogP contribution in [0.1, 0.15) is 303 Å². The fourth-order valence-electron chi connectivity index (χ4n) is 8.81. The van der Waals surface area contributed by atoms with Crippen LogP contribution in [0.2, 0.25) is 0 Å². The Hall–Kier alpha value is -1.43. The molecule has 1 amide bonds. The first-order valence-electron chi connectivity index (χ1n) is 28.3. The second-order valence-corrected chi connectivity index (χ2v) is 19.5. The summed E-state index contributed by atoms with van der Waals surface area (Å²) in [5, 5.41) is 33.3. The lowest BCUT2D eigenvalue weighted by Gasteiger charge is -2.21. The summed E-state index contributed by atoms with van der Waals surface area (Å²) in [5.41, 5.74) is 0. The zero-order chi connectivity index (χ0) is 45.8. The number of hydrogen-bond donors (Lipinski definition) is 4. The Morgan fingerprint density at radius 2 is 0.651 bits per heavy atom. The van der Waals surface area contributed by atoms with Gasteiger partial charge >= 0.3 is 0 Å². The number of aliphatic hydroxyl groups is 3. The van der Waals surface area contributed by atoms with Crippen LogP contribution in [0.15, 0.2) is 36.5 Å². The van der Waals surface area contributed by atoms with Crippen LogP contribution in [-0.2, 0) is 4.79 Å². The highest BCUT2D eigenvalue weighted by atomic mass is 16.3. The third-order valence-electron chi connectivity index (χ3n) is 13.2. The number of unbranched alkanes of at least 4 members (excludes halogenated alkanes) is 40. The van der Waals surface area contributed by atoms with E-state index in [0.717, 1.165) is 44.9 Å². The predicted molar refractivity (Wildman–Crippen MR) is 278 cm³/mol. The van der Waals surface area contributed by atoms with Crippen molar-refractivity contribution >= 4 is 5.91 Å². The molecule has 0 aliphatic heterocycles. The molecule has 0 aromatic rings. The van der Waals surface area contributed by atoms with Crippen LogP contribution in [0.4, 0.5) is 0 Å². The summed E-state index contributed by atoms with van der Waals surface area (Å²) in [7, 11) is 0. The van der Waals surface area contributed by atoms with Gasteiger partial charge < -0.3 is 20.6 Å². The number of aliphatic hydroxyl groups excluding tert-OH is 3. The number of carbonyl (C=O) groups excluding carboxylic acids is 1. The van der Waals surface area contributed by atoms with Crippen molar-refractivity contribution in [3.05, 3.63) is 36.5 Å². The number of carbonyl (C=O) groups is 1. The molecule has 0 aromatic carbocycles. The largest absolute Gasteiger partial charge is 0.394 e. The van der Waals surface area contributed by atoms with Gasteiger partial charge in [0.15, 0.2) is 0 Å². The zero-order valence-electron chi connectivity index (χ0n) is 42.5. The molecule has 0 aromatic heterocycles. The van der Waals surface area contributed by atoms with Crippen LogP contribution >= 0.6 is 0 Å². The van der Waals surface area contributed by atoms with Gasteiger partial charge in [0.05, 0.1) is 18.8 Å². The van der Waals surface area contributed by atoms with E-state index in [1.54, 1.807) is 6.08 Å². The van der Waals surface area contributed by atoms with Gasteiger partial charge in [-0.2, -0.15) is 0 Å². The number of hydrogen-bond acceptors (Lipinski definition) is 4. The molecule has 0 aliphatic carbocycles. The maximum atomic E-state index is 12.5. The Morgan fingerprint density at radius 1 is 0.381 bits per heavy atom. The molecule has 5 nitrogen and oxygen atoms in total. The van der Waals surface area contributed by atoms with E-state index >= 15 is 0 Å². The lowest BCUT2D eigenvalue weighted by molar-refractivity contribution is -0.131. The van der Waals surface area contributed by atoms with E-state index < -0.39 is 24.2 Å². The topological polar surface area (TPSA) is 89.8 Å². The summed E-state index contributed by atoms with van der Waals surface area (Å²) >= 11 is 0. The van der Waals surface area contributed by atoms with Gasteiger partial charge in [0, 0.05) is 0 Å². The number of nitrogens with one attached hydrogen (secondary N) is 1. The second-order valence-electron chi connectivity index (χ2n) is 19.5. The third-order valence-corrected chi connectivity index (χ3v) is 13.2. The molecule has 63 heavy (non-hydrogen) atoms. The van der Waals surface area contributed by atoms with Crippen molar-refractivity contribution in [2.75, 3.05) is 6.61 Å². The molecule has 0 rings (SSSR count). The summed E-state index contributed by atoms with van der Waals surface area (Å²) in [6, 6.07) is -0.820. The first-order chi connectivity index (χ1) is 31.1.